The van der Waals surface area contributed by atoms with Crippen LogP contribution in [-0.4, -0.2) is 23.5 Å². The number of hydrogen-bond donors (Lipinski definition) is 2. The van der Waals surface area contributed by atoms with Crippen LogP contribution in [-0.2, 0) is 9.59 Å². The average molecular weight is 199 g/mol. The Morgan fingerprint density at radius 3 is 2.50 bits per heavy atom. The van der Waals surface area contributed by atoms with E-state index in [2.05, 4.69) is 19.2 Å². The highest BCUT2D eigenvalue weighted by molar-refractivity contribution is 5.93. The maximum absolute atomic E-state index is 10.9. The molecule has 0 aliphatic rings. The Morgan fingerprint density at radius 2 is 2.00 bits per heavy atom. The van der Waals surface area contributed by atoms with Crippen LogP contribution < -0.4 is 5.32 Å². The zero-order valence-electron chi connectivity index (χ0n) is 8.62. The minimum Gasteiger partial charge on any atom is -0.478 e. The van der Waals surface area contributed by atoms with Gasteiger partial charge in [0.1, 0.15) is 0 Å². The predicted octanol–water partition coefficient (Wildman–Crippen LogP) is 1.18. The van der Waals surface area contributed by atoms with Gasteiger partial charge in [-0.2, -0.15) is 0 Å². The fraction of sp³-hybridized carbons (Fsp3) is 0.600. The molecule has 80 valence electrons. The molecule has 1 amide bonds. The zero-order chi connectivity index (χ0) is 11.0. The Kier molecular flexibility index (Phi) is 6.45. The second-order valence-electron chi connectivity index (χ2n) is 3.50. The second kappa shape index (κ2) is 7.12. The van der Waals surface area contributed by atoms with Crippen molar-refractivity contribution in [3.8, 4) is 0 Å². The molecule has 0 atom stereocenters. The van der Waals surface area contributed by atoms with E-state index in [0.29, 0.717) is 12.5 Å². The third kappa shape index (κ3) is 8.77. The van der Waals surface area contributed by atoms with Crippen molar-refractivity contribution >= 4 is 11.9 Å². The molecule has 0 saturated heterocycles. The van der Waals surface area contributed by atoms with Gasteiger partial charge in [-0.3, -0.25) is 4.79 Å². The molecule has 14 heavy (non-hydrogen) atoms. The summed E-state index contributed by atoms with van der Waals surface area (Å²) >= 11 is 0. The molecule has 0 radical (unpaired) electrons. The van der Waals surface area contributed by atoms with Crippen LogP contribution in [0.25, 0.3) is 0 Å². The number of carbonyl (C=O) groups excluding carboxylic acids is 1. The highest BCUT2D eigenvalue weighted by atomic mass is 16.4. The maximum Gasteiger partial charge on any atom is 0.328 e. The van der Waals surface area contributed by atoms with E-state index in [-0.39, 0.29) is 5.91 Å². The van der Waals surface area contributed by atoms with Crippen molar-refractivity contribution in [2.75, 3.05) is 6.54 Å². The number of carboxylic acid groups (broad SMARTS) is 1. The number of amides is 1. The van der Waals surface area contributed by atoms with Crippen LogP contribution in [0.3, 0.4) is 0 Å². The lowest BCUT2D eigenvalue weighted by molar-refractivity contribution is -0.131. The van der Waals surface area contributed by atoms with E-state index in [1.54, 1.807) is 0 Å². The van der Waals surface area contributed by atoms with E-state index in [1.165, 1.54) is 0 Å². The van der Waals surface area contributed by atoms with Crippen molar-refractivity contribution in [2.45, 2.75) is 26.7 Å². The van der Waals surface area contributed by atoms with Crippen molar-refractivity contribution in [3.05, 3.63) is 12.2 Å². The summed E-state index contributed by atoms with van der Waals surface area (Å²) in [7, 11) is 0. The standard InChI is InChI=1S/C10H17NO3/c1-8(2)4-3-7-11-9(12)5-6-10(13)14/h5-6,8H,3-4,7H2,1-2H3,(H,11,12)(H,13,14). The molecule has 0 aliphatic carbocycles. The minimum absolute atomic E-state index is 0.351. The number of nitrogens with one attached hydrogen (secondary N) is 1. The SMILES string of the molecule is CC(C)CCCNC(=O)C=CC(=O)O. The van der Waals surface area contributed by atoms with Gasteiger partial charge >= 0.3 is 5.97 Å². The summed E-state index contributed by atoms with van der Waals surface area (Å²) in [6.07, 6.45) is 3.84. The van der Waals surface area contributed by atoms with Crippen LogP contribution in [0.1, 0.15) is 26.7 Å². The number of rotatable bonds is 6. The predicted molar refractivity (Wildman–Crippen MR) is 53.9 cm³/mol. The van der Waals surface area contributed by atoms with E-state index < -0.39 is 5.97 Å². The van der Waals surface area contributed by atoms with Crippen LogP contribution in [0.15, 0.2) is 12.2 Å². The molecule has 4 heteroatoms. The zero-order valence-corrected chi connectivity index (χ0v) is 8.62. The average Bonchev–Trinajstić information content (AvgIpc) is 2.08. The first-order chi connectivity index (χ1) is 6.52. The molecule has 0 rings (SSSR count). The van der Waals surface area contributed by atoms with Gasteiger partial charge in [0.15, 0.2) is 0 Å². The Hall–Kier alpha value is -1.32. The van der Waals surface area contributed by atoms with Crippen molar-refractivity contribution < 1.29 is 14.7 Å². The Labute approximate surface area is 84.0 Å². The van der Waals surface area contributed by atoms with Gasteiger partial charge in [0.05, 0.1) is 0 Å². The summed E-state index contributed by atoms with van der Waals surface area (Å²) in [5.41, 5.74) is 0. The molecule has 0 unspecified atom stereocenters. The first-order valence-electron chi connectivity index (χ1n) is 4.71. The molecular formula is C10H17NO3. The van der Waals surface area contributed by atoms with Gasteiger partial charge in [0, 0.05) is 18.7 Å². The van der Waals surface area contributed by atoms with Crippen LogP contribution >= 0.6 is 0 Å². The van der Waals surface area contributed by atoms with Gasteiger partial charge in [-0.15, -0.1) is 0 Å². The number of carbonyl (C=O) groups is 2. The van der Waals surface area contributed by atoms with Gasteiger partial charge in [-0.05, 0) is 18.8 Å². The lowest BCUT2D eigenvalue weighted by Gasteiger charge is -2.04. The Balaban J connectivity index is 3.50. The summed E-state index contributed by atoms with van der Waals surface area (Å²) < 4.78 is 0. The Morgan fingerprint density at radius 1 is 1.36 bits per heavy atom. The summed E-state index contributed by atoms with van der Waals surface area (Å²) in [6, 6.07) is 0. The highest BCUT2D eigenvalue weighted by Gasteiger charge is 1.97. The fourth-order valence-electron chi connectivity index (χ4n) is 0.928. The first-order valence-corrected chi connectivity index (χ1v) is 4.71. The molecule has 0 fully saturated rings. The highest BCUT2D eigenvalue weighted by Crippen LogP contribution is 2.01. The minimum atomic E-state index is -1.11. The third-order valence-electron chi connectivity index (χ3n) is 1.63. The number of carboxylic acids is 1. The van der Waals surface area contributed by atoms with E-state index in [4.69, 9.17) is 5.11 Å². The first kappa shape index (κ1) is 12.7. The van der Waals surface area contributed by atoms with Gasteiger partial charge in [0.25, 0.3) is 0 Å². The topological polar surface area (TPSA) is 66.4 Å². The van der Waals surface area contributed by atoms with E-state index in [0.717, 1.165) is 25.0 Å². The summed E-state index contributed by atoms with van der Waals surface area (Å²) in [4.78, 5) is 21.0. The molecule has 0 saturated carbocycles. The van der Waals surface area contributed by atoms with Crippen LogP contribution in [0.2, 0.25) is 0 Å². The van der Waals surface area contributed by atoms with Crippen molar-refractivity contribution in [1.82, 2.24) is 5.32 Å². The maximum atomic E-state index is 10.9. The molecule has 0 aliphatic heterocycles. The number of hydrogen-bond acceptors (Lipinski definition) is 2. The van der Waals surface area contributed by atoms with Gasteiger partial charge in [-0.25, -0.2) is 4.79 Å². The summed E-state index contributed by atoms with van der Waals surface area (Å²) in [5, 5.41) is 10.8. The van der Waals surface area contributed by atoms with E-state index in [9.17, 15) is 9.59 Å². The van der Waals surface area contributed by atoms with Crippen LogP contribution in [0.4, 0.5) is 0 Å². The van der Waals surface area contributed by atoms with Gasteiger partial charge in [0.2, 0.25) is 5.91 Å². The fourth-order valence-corrected chi connectivity index (χ4v) is 0.928. The quantitative estimate of drug-likeness (QED) is 0.498. The molecular weight excluding hydrogens is 182 g/mol. The molecule has 0 bridgehead atoms. The molecule has 0 spiro atoms. The third-order valence-corrected chi connectivity index (χ3v) is 1.63. The van der Waals surface area contributed by atoms with Crippen molar-refractivity contribution in [1.29, 1.82) is 0 Å². The van der Waals surface area contributed by atoms with E-state index in [1.807, 2.05) is 0 Å². The van der Waals surface area contributed by atoms with Crippen molar-refractivity contribution in [2.24, 2.45) is 5.92 Å². The smallest absolute Gasteiger partial charge is 0.328 e. The molecule has 0 aromatic rings. The second-order valence-corrected chi connectivity index (χ2v) is 3.50. The molecule has 0 aromatic heterocycles. The Bertz CT molecular complexity index is 221. The molecule has 0 aromatic carbocycles. The molecule has 0 heterocycles. The molecule has 2 N–H and O–H groups in total. The molecule has 4 nitrogen and oxygen atoms in total. The van der Waals surface area contributed by atoms with Gasteiger partial charge < -0.3 is 10.4 Å². The monoisotopic (exact) mass is 199 g/mol. The largest absolute Gasteiger partial charge is 0.478 e. The lowest BCUT2D eigenvalue weighted by atomic mass is 10.1. The normalized spacial score (nSPS) is 10.8. The lowest BCUT2D eigenvalue weighted by Crippen LogP contribution is -2.22. The van der Waals surface area contributed by atoms with Gasteiger partial charge in [-0.1, -0.05) is 13.8 Å². The van der Waals surface area contributed by atoms with Crippen molar-refractivity contribution in [3.63, 3.8) is 0 Å². The van der Waals surface area contributed by atoms with Crippen LogP contribution in [0, 0.1) is 5.92 Å². The van der Waals surface area contributed by atoms with E-state index >= 15 is 0 Å². The number of aliphatic carboxylic acids is 1. The van der Waals surface area contributed by atoms with Crippen LogP contribution in [0.5, 0.6) is 0 Å². The summed E-state index contributed by atoms with van der Waals surface area (Å²) in [5.74, 6) is -0.833. The summed E-state index contributed by atoms with van der Waals surface area (Å²) in [6.45, 7) is 4.83.